The van der Waals surface area contributed by atoms with Crippen LogP contribution >= 0.6 is 0 Å². The van der Waals surface area contributed by atoms with Crippen LogP contribution in [0.4, 0.5) is 0 Å². The fraction of sp³-hybridized carbons (Fsp3) is 0.440. The molecule has 3 heteroatoms. The Labute approximate surface area is 191 Å². The van der Waals surface area contributed by atoms with E-state index in [4.69, 9.17) is 4.74 Å². The molecule has 0 bridgehead atoms. The van der Waals surface area contributed by atoms with E-state index < -0.39 is 0 Å². The zero-order chi connectivity index (χ0) is 20.7. The Morgan fingerprint density at radius 3 is 2.11 bits per heavy atom. The molecule has 0 N–H and O–H groups in total. The van der Waals surface area contributed by atoms with Gasteiger partial charge in [-0.05, 0) is 38.5 Å². The predicted molar refractivity (Wildman–Crippen MR) is 124 cm³/mol. The van der Waals surface area contributed by atoms with Gasteiger partial charge in [0.15, 0.2) is 0 Å². The normalized spacial score (nSPS) is 13.4. The van der Waals surface area contributed by atoms with Crippen LogP contribution in [0.5, 0.6) is 5.75 Å². The van der Waals surface area contributed by atoms with E-state index in [1.54, 1.807) is 0 Å². The van der Waals surface area contributed by atoms with Crippen LogP contribution in [0.2, 0.25) is 13.1 Å². The molecule has 0 amide bonds. The zero-order valence-corrected chi connectivity index (χ0v) is 21.8. The zero-order valence-electron chi connectivity index (χ0n) is 19.1. The van der Waals surface area contributed by atoms with Crippen LogP contribution in [0, 0.1) is 11.5 Å². The fourth-order valence-electron chi connectivity index (χ4n) is 2.15. The second kappa shape index (κ2) is 16.8. The molecule has 0 fully saturated rings. The molecule has 2 rings (SSSR count). The van der Waals surface area contributed by atoms with Crippen LogP contribution in [-0.2, 0) is 21.7 Å². The minimum Gasteiger partial charge on any atom is -0.489 e. The van der Waals surface area contributed by atoms with Gasteiger partial charge in [0.25, 0.3) is 0 Å². The van der Waals surface area contributed by atoms with Gasteiger partial charge in [0.2, 0.25) is 0 Å². The molecule has 1 aliphatic rings. The molecule has 1 radical (unpaired) electrons. The van der Waals surface area contributed by atoms with Crippen molar-refractivity contribution >= 4 is 9.52 Å². The Morgan fingerprint density at radius 2 is 1.71 bits per heavy atom. The number of ether oxygens (including phenoxy) is 1. The SMILES string of the molecule is CC(C)(C)C1=CC[C-]=C1.CC=C(C)C=C(C)COc1ccccc1.C[SiH]C.[Ti]. The van der Waals surface area contributed by atoms with Gasteiger partial charge in [-0.3, -0.25) is 6.08 Å². The van der Waals surface area contributed by atoms with Crippen LogP contribution in [-0.4, -0.2) is 16.1 Å². The Morgan fingerprint density at radius 1 is 1.14 bits per heavy atom. The second-order valence-electron chi connectivity index (χ2n) is 7.66. The molecule has 0 unspecified atom stereocenters. The summed E-state index contributed by atoms with van der Waals surface area (Å²) in [4.78, 5) is 0. The van der Waals surface area contributed by atoms with E-state index in [9.17, 15) is 0 Å². The first-order chi connectivity index (χ1) is 12.7. The molecule has 0 saturated heterocycles. The molecule has 1 nitrogen and oxygen atoms in total. The monoisotopic (exact) mass is 430 g/mol. The first kappa shape index (κ1) is 29.1. The summed E-state index contributed by atoms with van der Waals surface area (Å²) < 4.78 is 5.62. The van der Waals surface area contributed by atoms with Crippen molar-refractivity contribution < 1.29 is 26.5 Å². The van der Waals surface area contributed by atoms with Gasteiger partial charge in [0.05, 0.1) is 0 Å². The maximum Gasteiger partial charge on any atom is 0.119 e. The van der Waals surface area contributed by atoms with Gasteiger partial charge in [-0.1, -0.05) is 75.2 Å². The van der Waals surface area contributed by atoms with Gasteiger partial charge < -0.3 is 4.74 Å². The topological polar surface area (TPSA) is 9.23 Å². The third-order valence-electron chi connectivity index (χ3n) is 3.70. The molecular formula is C25H38OSiTi-. The average Bonchev–Trinajstić information content (AvgIpc) is 3.17. The van der Waals surface area contributed by atoms with Gasteiger partial charge in [0, 0.05) is 31.2 Å². The Balaban J connectivity index is 0. The smallest absolute Gasteiger partial charge is 0.119 e. The van der Waals surface area contributed by atoms with Crippen molar-refractivity contribution in [1.29, 1.82) is 0 Å². The summed E-state index contributed by atoms with van der Waals surface area (Å²) in [6, 6.07) is 9.88. The van der Waals surface area contributed by atoms with Crippen LogP contribution in [0.15, 0.2) is 71.4 Å². The predicted octanol–water partition coefficient (Wildman–Crippen LogP) is 7.22. The molecule has 1 aromatic carbocycles. The molecule has 28 heavy (non-hydrogen) atoms. The molecule has 0 heterocycles. The van der Waals surface area contributed by atoms with Crippen molar-refractivity contribution in [2.45, 2.75) is 61.1 Å². The molecule has 0 aliphatic heterocycles. The number of hydrogen-bond donors (Lipinski definition) is 0. The first-order valence-corrected chi connectivity index (χ1v) is 12.0. The van der Waals surface area contributed by atoms with E-state index >= 15 is 0 Å². The third-order valence-corrected chi connectivity index (χ3v) is 3.70. The van der Waals surface area contributed by atoms with Crippen molar-refractivity contribution in [3.63, 3.8) is 0 Å². The van der Waals surface area contributed by atoms with Gasteiger partial charge in [-0.25, -0.2) is 6.08 Å². The number of hydrogen-bond acceptors (Lipinski definition) is 1. The van der Waals surface area contributed by atoms with E-state index in [0.717, 1.165) is 21.7 Å². The van der Waals surface area contributed by atoms with Crippen LogP contribution in [0.3, 0.4) is 0 Å². The van der Waals surface area contributed by atoms with E-state index in [-0.39, 0.29) is 21.7 Å². The van der Waals surface area contributed by atoms with Crippen molar-refractivity contribution in [3.05, 3.63) is 77.4 Å². The summed E-state index contributed by atoms with van der Waals surface area (Å²) in [5.41, 5.74) is 4.24. The number of rotatable bonds is 4. The van der Waals surface area contributed by atoms with E-state index in [2.05, 4.69) is 78.1 Å². The van der Waals surface area contributed by atoms with E-state index in [0.29, 0.717) is 12.0 Å². The number of allylic oxidation sites excluding steroid dienone is 7. The number of benzene rings is 1. The maximum atomic E-state index is 5.62. The minimum atomic E-state index is 0. The van der Waals surface area contributed by atoms with Gasteiger partial charge >= 0.3 is 0 Å². The van der Waals surface area contributed by atoms with Crippen LogP contribution in [0.1, 0.15) is 48.0 Å². The quantitative estimate of drug-likeness (QED) is 0.278. The Hall–Kier alpha value is -1.09. The molecule has 0 atom stereocenters. The molecule has 0 spiro atoms. The molecule has 1 aliphatic carbocycles. The van der Waals surface area contributed by atoms with Crippen LogP contribution in [0.25, 0.3) is 0 Å². The third kappa shape index (κ3) is 14.9. The first-order valence-electron chi connectivity index (χ1n) is 9.73. The summed E-state index contributed by atoms with van der Waals surface area (Å²) in [6.45, 7) is 17.9. The summed E-state index contributed by atoms with van der Waals surface area (Å²) >= 11 is 0. The molecule has 1 aromatic rings. The summed E-state index contributed by atoms with van der Waals surface area (Å²) in [5, 5.41) is 0. The van der Waals surface area contributed by atoms with Crippen molar-refractivity contribution in [2.24, 2.45) is 5.41 Å². The second-order valence-corrected chi connectivity index (χ2v) is 8.82. The number of para-hydroxylation sites is 1. The van der Waals surface area contributed by atoms with E-state index in [1.807, 2.05) is 37.3 Å². The molecule has 153 valence electrons. The fourth-order valence-corrected chi connectivity index (χ4v) is 2.15. The Bertz CT molecular complexity index is 634. The van der Waals surface area contributed by atoms with Crippen molar-refractivity contribution in [1.82, 2.24) is 0 Å². The molecule has 0 aromatic heterocycles. The largest absolute Gasteiger partial charge is 0.489 e. The maximum absolute atomic E-state index is 5.62. The minimum absolute atomic E-state index is 0. The summed E-state index contributed by atoms with van der Waals surface area (Å²) in [5.74, 6) is 0.920. The summed E-state index contributed by atoms with van der Waals surface area (Å²) in [7, 11) is 0.750. The van der Waals surface area contributed by atoms with E-state index in [1.165, 1.54) is 16.7 Å². The standard InChI is InChI=1S/C14H18O.C9H13.C2H7Si.Ti/c1-4-12(2)10-13(3)11-15-14-8-6-5-7-9-14;1-9(2,3)8-6-4-5-7-8;1-3-2;/h4-10H,11H2,1-3H3;6-7H,4H2,1-3H3;3H,1-2H3;/q;-1;;. The molecular weight excluding hydrogens is 392 g/mol. The van der Waals surface area contributed by atoms with Gasteiger partial charge in [-0.15, -0.1) is 6.42 Å². The van der Waals surface area contributed by atoms with Crippen molar-refractivity contribution in [3.8, 4) is 5.75 Å². The van der Waals surface area contributed by atoms with Crippen LogP contribution < -0.4 is 4.74 Å². The molecule has 0 saturated carbocycles. The Kier molecular flexibility index (Phi) is 17.5. The average molecular weight is 431 g/mol. The van der Waals surface area contributed by atoms with Gasteiger partial charge in [0.1, 0.15) is 12.4 Å². The van der Waals surface area contributed by atoms with Gasteiger partial charge in [-0.2, -0.15) is 11.6 Å². The summed E-state index contributed by atoms with van der Waals surface area (Å²) in [6.07, 6.45) is 12.7. The van der Waals surface area contributed by atoms with Crippen molar-refractivity contribution in [2.75, 3.05) is 6.61 Å².